The van der Waals surface area contributed by atoms with Gasteiger partial charge in [-0.05, 0) is 60.4 Å². The van der Waals surface area contributed by atoms with Crippen LogP contribution in [0.2, 0.25) is 0 Å². The highest BCUT2D eigenvalue weighted by molar-refractivity contribution is 5.82. The fourth-order valence-corrected chi connectivity index (χ4v) is 1.97. The third-order valence-electron chi connectivity index (χ3n) is 3.23. The smallest absolute Gasteiger partial charge is 0.118 e. The van der Waals surface area contributed by atoms with Crippen molar-refractivity contribution in [2.45, 2.75) is 26.2 Å². The summed E-state index contributed by atoms with van der Waals surface area (Å²) in [6, 6.07) is 16.4. The molecule has 0 aromatic heterocycles. The van der Waals surface area contributed by atoms with Crippen molar-refractivity contribution in [1.29, 1.82) is 0 Å². The Bertz CT molecular complexity index is 541. The van der Waals surface area contributed by atoms with Crippen molar-refractivity contribution >= 4 is 11.9 Å². The fraction of sp³-hybridized carbons (Fsp3) is 0.278. The van der Waals surface area contributed by atoms with Crippen LogP contribution in [0, 0.1) is 0 Å². The van der Waals surface area contributed by atoms with Gasteiger partial charge in [0.1, 0.15) is 5.75 Å². The van der Waals surface area contributed by atoms with E-state index in [4.69, 9.17) is 4.74 Å². The molecule has 0 bridgehead atoms. The first-order valence-corrected chi connectivity index (χ1v) is 7.09. The van der Waals surface area contributed by atoms with Gasteiger partial charge in [-0.25, -0.2) is 0 Å². The van der Waals surface area contributed by atoms with E-state index in [0.29, 0.717) is 0 Å². The first kappa shape index (κ1) is 14.3. The van der Waals surface area contributed by atoms with E-state index in [1.54, 1.807) is 7.11 Å². The van der Waals surface area contributed by atoms with E-state index < -0.39 is 0 Å². The minimum Gasteiger partial charge on any atom is -0.497 e. The average molecular weight is 267 g/mol. The minimum atomic E-state index is 0.863. The van der Waals surface area contributed by atoms with Crippen LogP contribution in [-0.4, -0.2) is 13.3 Å². The van der Waals surface area contributed by atoms with E-state index in [1.807, 2.05) is 30.5 Å². The highest BCUT2D eigenvalue weighted by atomic mass is 16.5. The first-order chi connectivity index (χ1) is 9.81. The third kappa shape index (κ3) is 4.23. The van der Waals surface area contributed by atoms with Crippen molar-refractivity contribution in [3.05, 3.63) is 59.7 Å². The Morgan fingerprint density at radius 3 is 2.30 bits per heavy atom. The molecule has 0 saturated heterocycles. The molecule has 2 heteroatoms. The molecule has 0 amide bonds. The van der Waals surface area contributed by atoms with Crippen LogP contribution in [-0.2, 0) is 6.42 Å². The van der Waals surface area contributed by atoms with Gasteiger partial charge in [0.05, 0.1) is 12.8 Å². The summed E-state index contributed by atoms with van der Waals surface area (Å²) in [5.74, 6) is 0.863. The van der Waals surface area contributed by atoms with E-state index in [2.05, 4.69) is 36.2 Å². The Balaban J connectivity index is 1.99. The minimum absolute atomic E-state index is 0.863. The highest BCUT2D eigenvalue weighted by Crippen LogP contribution is 2.15. The number of hydrogen-bond acceptors (Lipinski definition) is 2. The van der Waals surface area contributed by atoms with Gasteiger partial charge in [0.15, 0.2) is 0 Å². The lowest BCUT2D eigenvalue weighted by atomic mass is 10.1. The van der Waals surface area contributed by atoms with Crippen molar-refractivity contribution in [1.82, 2.24) is 0 Å². The molecule has 0 atom stereocenters. The van der Waals surface area contributed by atoms with Crippen LogP contribution in [0.4, 0.5) is 5.69 Å². The van der Waals surface area contributed by atoms with Crippen molar-refractivity contribution in [2.24, 2.45) is 4.99 Å². The Labute approximate surface area is 121 Å². The van der Waals surface area contributed by atoms with Crippen LogP contribution in [0.3, 0.4) is 0 Å². The lowest BCUT2D eigenvalue weighted by molar-refractivity contribution is 0.415. The maximum atomic E-state index is 5.13. The van der Waals surface area contributed by atoms with Crippen LogP contribution in [0.5, 0.6) is 5.75 Å². The van der Waals surface area contributed by atoms with Gasteiger partial charge in [-0.2, -0.15) is 0 Å². The molecular weight excluding hydrogens is 246 g/mol. The van der Waals surface area contributed by atoms with Gasteiger partial charge in [-0.15, -0.1) is 0 Å². The SMILES string of the molecule is CCCCc1ccc(/N=C/c2ccc(OC)cc2)cc1. The highest BCUT2D eigenvalue weighted by Gasteiger charge is 1.94. The second-order valence-corrected chi connectivity index (χ2v) is 4.80. The maximum absolute atomic E-state index is 5.13. The molecule has 20 heavy (non-hydrogen) atoms. The van der Waals surface area contributed by atoms with Gasteiger partial charge in [0, 0.05) is 6.21 Å². The largest absolute Gasteiger partial charge is 0.497 e. The van der Waals surface area contributed by atoms with Gasteiger partial charge in [-0.3, -0.25) is 4.99 Å². The Morgan fingerprint density at radius 2 is 1.70 bits per heavy atom. The summed E-state index contributed by atoms with van der Waals surface area (Å²) in [5.41, 5.74) is 3.44. The summed E-state index contributed by atoms with van der Waals surface area (Å²) in [6.07, 6.45) is 5.51. The van der Waals surface area contributed by atoms with Crippen LogP contribution in [0.25, 0.3) is 0 Å². The van der Waals surface area contributed by atoms with Crippen LogP contribution >= 0.6 is 0 Å². The quantitative estimate of drug-likeness (QED) is 0.690. The zero-order chi connectivity index (χ0) is 14.2. The molecule has 2 aromatic carbocycles. The van der Waals surface area contributed by atoms with E-state index in [0.717, 1.165) is 23.4 Å². The Hall–Kier alpha value is -2.09. The molecule has 0 N–H and O–H groups in total. The Morgan fingerprint density at radius 1 is 1.00 bits per heavy atom. The molecule has 2 nitrogen and oxygen atoms in total. The molecule has 0 unspecified atom stereocenters. The fourth-order valence-electron chi connectivity index (χ4n) is 1.97. The summed E-state index contributed by atoms with van der Waals surface area (Å²) < 4.78 is 5.13. The lowest BCUT2D eigenvalue weighted by Gasteiger charge is -2.01. The summed E-state index contributed by atoms with van der Waals surface area (Å²) in [4.78, 5) is 4.49. The molecule has 0 spiro atoms. The summed E-state index contributed by atoms with van der Waals surface area (Å²) in [6.45, 7) is 2.22. The van der Waals surface area contributed by atoms with Gasteiger partial charge in [-0.1, -0.05) is 25.5 Å². The van der Waals surface area contributed by atoms with Crippen LogP contribution < -0.4 is 4.74 Å². The maximum Gasteiger partial charge on any atom is 0.118 e. The topological polar surface area (TPSA) is 21.6 Å². The predicted molar refractivity (Wildman–Crippen MR) is 85.3 cm³/mol. The number of unbranched alkanes of at least 4 members (excludes halogenated alkanes) is 1. The summed E-state index contributed by atoms with van der Waals surface area (Å²) >= 11 is 0. The van der Waals surface area contributed by atoms with E-state index in [-0.39, 0.29) is 0 Å². The standard InChI is InChI=1S/C18H21NO/c1-3-4-5-15-6-10-17(11-7-15)19-14-16-8-12-18(20-2)13-9-16/h6-14H,3-5H2,1-2H3/b19-14+. The van der Waals surface area contributed by atoms with Gasteiger partial charge < -0.3 is 4.74 Å². The molecule has 0 heterocycles. The molecule has 2 rings (SSSR count). The molecule has 0 saturated carbocycles. The molecule has 0 aliphatic rings. The average Bonchev–Trinajstić information content (AvgIpc) is 2.52. The number of hydrogen-bond donors (Lipinski definition) is 0. The third-order valence-corrected chi connectivity index (χ3v) is 3.23. The zero-order valence-electron chi connectivity index (χ0n) is 12.2. The Kier molecular flexibility index (Phi) is 5.36. The zero-order valence-corrected chi connectivity index (χ0v) is 12.2. The predicted octanol–water partition coefficient (Wildman–Crippen LogP) is 4.79. The van der Waals surface area contributed by atoms with Crippen LogP contribution in [0.15, 0.2) is 53.5 Å². The van der Waals surface area contributed by atoms with Crippen molar-refractivity contribution in [3.8, 4) is 5.75 Å². The monoisotopic (exact) mass is 267 g/mol. The van der Waals surface area contributed by atoms with Crippen molar-refractivity contribution < 1.29 is 4.74 Å². The molecule has 0 radical (unpaired) electrons. The molecule has 0 aliphatic heterocycles. The van der Waals surface area contributed by atoms with E-state index in [9.17, 15) is 0 Å². The molecule has 0 fully saturated rings. The number of aryl methyl sites for hydroxylation is 1. The van der Waals surface area contributed by atoms with Gasteiger partial charge >= 0.3 is 0 Å². The molecule has 0 aliphatic carbocycles. The number of nitrogens with zero attached hydrogens (tertiary/aromatic N) is 1. The number of rotatable bonds is 6. The number of benzene rings is 2. The number of aliphatic imine (C=N–C) groups is 1. The van der Waals surface area contributed by atoms with Crippen LogP contribution in [0.1, 0.15) is 30.9 Å². The normalized spacial score (nSPS) is 10.9. The summed E-state index contributed by atoms with van der Waals surface area (Å²) in [5, 5.41) is 0. The molecular formula is C18H21NO. The number of ether oxygens (including phenoxy) is 1. The molecule has 2 aromatic rings. The molecule has 104 valence electrons. The van der Waals surface area contributed by atoms with Crippen molar-refractivity contribution in [2.75, 3.05) is 7.11 Å². The summed E-state index contributed by atoms with van der Waals surface area (Å²) in [7, 11) is 1.67. The second kappa shape index (κ2) is 7.49. The van der Waals surface area contributed by atoms with E-state index >= 15 is 0 Å². The van der Waals surface area contributed by atoms with Gasteiger partial charge in [0.2, 0.25) is 0 Å². The second-order valence-electron chi connectivity index (χ2n) is 4.80. The first-order valence-electron chi connectivity index (χ1n) is 7.09. The van der Waals surface area contributed by atoms with E-state index in [1.165, 1.54) is 18.4 Å². The van der Waals surface area contributed by atoms with Gasteiger partial charge in [0.25, 0.3) is 0 Å². The number of methoxy groups -OCH3 is 1. The lowest BCUT2D eigenvalue weighted by Crippen LogP contribution is -1.85. The van der Waals surface area contributed by atoms with Crippen molar-refractivity contribution in [3.63, 3.8) is 0 Å².